The number of carbonyl (C=O) groups excluding carboxylic acids is 2. The van der Waals surface area contributed by atoms with Crippen molar-refractivity contribution in [1.82, 2.24) is 24.7 Å². The second-order valence-electron chi connectivity index (χ2n) is 13.8. The number of anilines is 1. The number of nitrogens with one attached hydrogen (secondary N) is 1. The summed E-state index contributed by atoms with van der Waals surface area (Å²) in [5.74, 6) is 1.16. The molecule has 0 radical (unpaired) electrons. The molecule has 3 aliphatic rings. The van der Waals surface area contributed by atoms with E-state index in [0.717, 1.165) is 81.9 Å². The highest BCUT2D eigenvalue weighted by Crippen LogP contribution is 2.52. The lowest BCUT2D eigenvalue weighted by molar-refractivity contribution is 0.0457. The van der Waals surface area contributed by atoms with Crippen LogP contribution in [0.4, 0.5) is 14.9 Å². The highest BCUT2D eigenvalue weighted by atomic mass is 19.1. The van der Waals surface area contributed by atoms with Crippen molar-refractivity contribution in [2.75, 3.05) is 58.8 Å². The lowest BCUT2D eigenvalue weighted by atomic mass is 9.64. The van der Waals surface area contributed by atoms with Crippen molar-refractivity contribution in [3.05, 3.63) is 83.2 Å². The highest BCUT2D eigenvalue weighted by molar-refractivity contribution is 5.97. The fourth-order valence-electron chi connectivity index (χ4n) is 8.70. The van der Waals surface area contributed by atoms with Gasteiger partial charge in [-0.05, 0) is 87.5 Å². The zero-order chi connectivity index (χ0) is 34.0. The van der Waals surface area contributed by atoms with Crippen LogP contribution in [0.15, 0.2) is 54.9 Å². The van der Waals surface area contributed by atoms with Gasteiger partial charge in [0.1, 0.15) is 11.6 Å². The summed E-state index contributed by atoms with van der Waals surface area (Å²) in [6.07, 6.45) is 7.98. The Kier molecular flexibility index (Phi) is 9.74. The number of halogens is 1. The number of likely N-dealkylation sites (tertiary alicyclic amines) is 1. The first kappa shape index (κ1) is 33.5. The summed E-state index contributed by atoms with van der Waals surface area (Å²) in [4.78, 5) is 36.2. The minimum Gasteiger partial charge on any atom is -0.453 e. The first-order chi connectivity index (χ1) is 23.1. The van der Waals surface area contributed by atoms with Gasteiger partial charge in [-0.3, -0.25) is 4.79 Å². The zero-order valence-electron chi connectivity index (χ0n) is 28.4. The second kappa shape index (κ2) is 14.0. The molecule has 1 aliphatic carbocycles. The normalized spacial score (nSPS) is 21.6. The molecule has 1 aromatic heterocycles. The second-order valence-corrected chi connectivity index (χ2v) is 13.8. The van der Waals surface area contributed by atoms with Crippen molar-refractivity contribution < 1.29 is 18.7 Å². The summed E-state index contributed by atoms with van der Waals surface area (Å²) >= 11 is 0. The van der Waals surface area contributed by atoms with Gasteiger partial charge in [-0.25, -0.2) is 14.2 Å². The Balaban J connectivity index is 1.20. The molecule has 48 heavy (non-hydrogen) atoms. The van der Waals surface area contributed by atoms with Crippen LogP contribution in [0.2, 0.25) is 0 Å². The van der Waals surface area contributed by atoms with Crippen LogP contribution in [0, 0.1) is 41.8 Å². The molecule has 1 N–H and O–H groups in total. The summed E-state index contributed by atoms with van der Waals surface area (Å²) in [6, 6.07) is 14.6. The van der Waals surface area contributed by atoms with Gasteiger partial charge < -0.3 is 29.3 Å². The smallest absolute Gasteiger partial charge is 0.407 e. The maximum atomic E-state index is 15.0. The number of hydrogen-bond donors (Lipinski definition) is 1. The van der Waals surface area contributed by atoms with Gasteiger partial charge in [0.2, 0.25) is 0 Å². The van der Waals surface area contributed by atoms with Crippen molar-refractivity contribution in [3.63, 3.8) is 0 Å². The Hall–Kier alpha value is -4.43. The molecule has 3 atom stereocenters. The van der Waals surface area contributed by atoms with E-state index in [1.54, 1.807) is 32.3 Å². The summed E-state index contributed by atoms with van der Waals surface area (Å²) < 4.78 is 22.3. The number of methoxy groups -OCH3 is 1. The lowest BCUT2D eigenvalue weighted by Crippen LogP contribution is -2.58. The van der Waals surface area contributed by atoms with E-state index in [1.807, 2.05) is 37.5 Å². The van der Waals surface area contributed by atoms with E-state index in [-0.39, 0.29) is 29.6 Å². The minimum atomic E-state index is -0.596. The molecule has 3 aromatic rings. The first-order valence-electron chi connectivity index (χ1n) is 17.0. The average molecular weight is 656 g/mol. The van der Waals surface area contributed by atoms with E-state index in [9.17, 15) is 14.9 Å². The summed E-state index contributed by atoms with van der Waals surface area (Å²) in [5.41, 5.74) is 2.13. The molecule has 1 unspecified atom stereocenters. The zero-order valence-corrected chi connectivity index (χ0v) is 28.4. The van der Waals surface area contributed by atoms with Crippen molar-refractivity contribution in [2.45, 2.75) is 50.6 Å². The van der Waals surface area contributed by atoms with Gasteiger partial charge in [0.15, 0.2) is 0 Å². The van der Waals surface area contributed by atoms with Crippen molar-refractivity contribution >= 4 is 17.7 Å². The number of rotatable bonds is 9. The van der Waals surface area contributed by atoms with Crippen LogP contribution in [0.1, 0.15) is 59.4 Å². The fourth-order valence-corrected chi connectivity index (χ4v) is 8.70. The van der Waals surface area contributed by atoms with Crippen LogP contribution >= 0.6 is 0 Å². The number of aromatic nitrogens is 2. The topological polar surface area (TPSA) is 107 Å². The molecule has 1 saturated carbocycles. The number of ether oxygens (including phenoxy) is 1. The molecule has 0 spiro atoms. The number of nitrogens with zero attached hydrogens (tertiary/aromatic N) is 6. The monoisotopic (exact) mass is 655 g/mol. The van der Waals surface area contributed by atoms with E-state index in [0.29, 0.717) is 17.0 Å². The molecule has 3 heterocycles. The third-order valence-corrected chi connectivity index (χ3v) is 10.9. The largest absolute Gasteiger partial charge is 0.453 e. The molecular weight excluding hydrogens is 609 g/mol. The number of imidazole rings is 1. The van der Waals surface area contributed by atoms with Gasteiger partial charge in [0.05, 0.1) is 29.8 Å². The lowest BCUT2D eigenvalue weighted by Gasteiger charge is -2.52. The molecule has 0 bridgehead atoms. The molecule has 6 rings (SSSR count). The molecule has 254 valence electrons. The number of hydrogen-bond acceptors (Lipinski definition) is 7. The number of aryl methyl sites for hydroxylation is 1. The van der Waals surface area contributed by atoms with Gasteiger partial charge >= 0.3 is 6.09 Å². The van der Waals surface area contributed by atoms with Gasteiger partial charge in [-0.2, -0.15) is 5.26 Å². The van der Waals surface area contributed by atoms with E-state index < -0.39 is 11.6 Å². The van der Waals surface area contributed by atoms with Crippen LogP contribution in [-0.2, 0) is 10.3 Å². The predicted octanol–water partition coefficient (Wildman–Crippen LogP) is 5.02. The maximum Gasteiger partial charge on any atom is 0.407 e. The first-order valence-corrected chi connectivity index (χ1v) is 17.0. The van der Waals surface area contributed by atoms with Gasteiger partial charge in [0.25, 0.3) is 5.91 Å². The molecule has 3 fully saturated rings. The predicted molar refractivity (Wildman–Crippen MR) is 181 cm³/mol. The van der Waals surface area contributed by atoms with Crippen molar-refractivity contribution in [3.8, 4) is 6.07 Å². The SMILES string of the molecule is COC(=O)N[C@H]1CCC[C@@H]1C(c1cccc(F)c1)(C1CCN(CC2CN(c3ccc(C#N)c(C(=O)N(C)C)c3)C2)CC1)n1ccnc1C. The Bertz CT molecular complexity index is 1670. The third kappa shape index (κ3) is 6.26. The standard InChI is InChI=1S/C37H46FN7O3/c1-25-40-15-18-45(25)37(29-7-5-8-30(38)19-29,33-9-6-10-34(33)41-36(47)48-4)28-13-16-43(17-14-28)22-26-23-44(24-26)31-12-11-27(21-39)32(20-31)35(46)42(2)3/h5,7-8,11-12,15,18-20,26,28,33-34H,6,9-10,13-14,16-17,22-24H2,1-4H3,(H,41,47)/t33-,34-,37?/m0/s1. The van der Waals surface area contributed by atoms with E-state index in [1.165, 1.54) is 18.1 Å². The van der Waals surface area contributed by atoms with E-state index >= 15 is 4.39 Å². The number of nitriles is 1. The Labute approximate surface area is 282 Å². The fraction of sp³-hybridized carbons (Fsp3) is 0.514. The number of piperidine rings is 1. The molecule has 11 heteroatoms. The summed E-state index contributed by atoms with van der Waals surface area (Å²) in [5, 5.41) is 12.7. The number of alkyl carbamates (subject to hydrolysis) is 1. The van der Waals surface area contributed by atoms with Crippen LogP contribution in [0.25, 0.3) is 0 Å². The molecule has 2 saturated heterocycles. The minimum absolute atomic E-state index is 0.0275. The number of carbonyl (C=O) groups is 2. The quantitative estimate of drug-likeness (QED) is 0.345. The van der Waals surface area contributed by atoms with Gasteiger partial charge in [0, 0.05) is 69.7 Å². The van der Waals surface area contributed by atoms with Crippen molar-refractivity contribution in [2.24, 2.45) is 17.8 Å². The maximum absolute atomic E-state index is 15.0. The van der Waals surface area contributed by atoms with Crippen molar-refractivity contribution in [1.29, 1.82) is 5.26 Å². The van der Waals surface area contributed by atoms with Crippen LogP contribution in [-0.4, -0.2) is 91.3 Å². The Morgan fingerprint density at radius 2 is 1.90 bits per heavy atom. The Morgan fingerprint density at radius 3 is 2.54 bits per heavy atom. The van der Waals surface area contributed by atoms with Gasteiger partial charge in [-0.1, -0.05) is 18.6 Å². The number of benzene rings is 2. The molecule has 2 aromatic carbocycles. The van der Waals surface area contributed by atoms with E-state index in [4.69, 9.17) is 4.74 Å². The molecular formula is C37H46FN7O3. The number of amides is 2. The van der Waals surface area contributed by atoms with Crippen LogP contribution in [0.3, 0.4) is 0 Å². The van der Waals surface area contributed by atoms with E-state index in [2.05, 4.69) is 30.7 Å². The third-order valence-electron chi connectivity index (χ3n) is 10.9. The molecule has 10 nitrogen and oxygen atoms in total. The summed E-state index contributed by atoms with van der Waals surface area (Å²) in [6.45, 7) is 6.63. The highest BCUT2D eigenvalue weighted by Gasteiger charge is 2.54. The van der Waals surface area contributed by atoms with Crippen LogP contribution < -0.4 is 10.2 Å². The molecule has 2 amide bonds. The summed E-state index contributed by atoms with van der Waals surface area (Å²) in [7, 11) is 4.79. The van der Waals surface area contributed by atoms with Gasteiger partial charge in [-0.15, -0.1) is 0 Å². The molecule has 2 aliphatic heterocycles. The Morgan fingerprint density at radius 1 is 1.12 bits per heavy atom. The average Bonchev–Trinajstić information content (AvgIpc) is 3.72. The van der Waals surface area contributed by atoms with Crippen LogP contribution in [0.5, 0.6) is 0 Å².